The molecule has 1 saturated carbocycles. The minimum atomic E-state index is -0.944. The number of carbonyl (C=O) groups is 1. The van der Waals surface area contributed by atoms with Crippen LogP contribution in [0.15, 0.2) is 47.0 Å². The Kier molecular flexibility index (Phi) is 2.85. The van der Waals surface area contributed by atoms with Crippen molar-refractivity contribution in [2.24, 2.45) is 0 Å². The van der Waals surface area contributed by atoms with Crippen LogP contribution >= 0.6 is 0 Å². The van der Waals surface area contributed by atoms with Crippen molar-refractivity contribution in [1.82, 2.24) is 4.98 Å². The number of aryl methyl sites for hydroxylation is 1. The highest BCUT2D eigenvalue weighted by Crippen LogP contribution is 2.60. The van der Waals surface area contributed by atoms with Crippen LogP contribution in [-0.4, -0.2) is 16.1 Å². The van der Waals surface area contributed by atoms with E-state index in [1.807, 2.05) is 36.5 Å². The second-order valence-corrected chi connectivity index (χ2v) is 6.48. The Hall–Kier alpha value is -2.62. The largest absolute Gasteiger partial charge is 0.478 e. The molecule has 2 heterocycles. The monoisotopic (exact) mass is 307 g/mol. The molecule has 2 aromatic heterocycles. The maximum Gasteiger partial charge on any atom is 0.339 e. The van der Waals surface area contributed by atoms with E-state index < -0.39 is 5.97 Å². The number of aromatic carboxylic acids is 1. The average molecular weight is 307 g/mol. The molecule has 0 radical (unpaired) electrons. The number of carboxylic acid groups (broad SMARTS) is 1. The Labute approximate surface area is 133 Å². The van der Waals surface area contributed by atoms with Crippen LogP contribution in [0.3, 0.4) is 0 Å². The van der Waals surface area contributed by atoms with Gasteiger partial charge in [0, 0.05) is 28.6 Å². The first kappa shape index (κ1) is 14.0. The lowest BCUT2D eigenvalue weighted by molar-refractivity contribution is 0.0697. The van der Waals surface area contributed by atoms with Crippen molar-refractivity contribution in [3.05, 3.63) is 65.2 Å². The molecule has 116 valence electrons. The van der Waals surface area contributed by atoms with E-state index in [4.69, 9.17) is 4.42 Å². The summed E-state index contributed by atoms with van der Waals surface area (Å²) in [4.78, 5) is 16.0. The minimum absolute atomic E-state index is 0.00346. The molecular weight excluding hydrogens is 290 g/mol. The molecule has 2 atom stereocenters. The molecular formula is C19H17NO3. The number of carboxylic acids is 1. The van der Waals surface area contributed by atoms with Crippen LogP contribution in [0, 0.1) is 6.92 Å². The third-order valence-corrected chi connectivity index (χ3v) is 5.02. The molecule has 1 N–H and O–H groups in total. The van der Waals surface area contributed by atoms with Crippen molar-refractivity contribution >= 4 is 16.9 Å². The van der Waals surface area contributed by atoms with Crippen molar-refractivity contribution in [2.75, 3.05) is 0 Å². The van der Waals surface area contributed by atoms with Crippen molar-refractivity contribution in [3.8, 4) is 0 Å². The fraction of sp³-hybridized carbons (Fsp3) is 0.263. The van der Waals surface area contributed by atoms with Gasteiger partial charge in [-0.3, -0.25) is 4.98 Å². The molecule has 23 heavy (non-hydrogen) atoms. The fourth-order valence-electron chi connectivity index (χ4n) is 3.54. The Morgan fingerprint density at radius 1 is 1.35 bits per heavy atom. The number of furan rings is 1. The first-order valence-electron chi connectivity index (χ1n) is 7.68. The Morgan fingerprint density at radius 3 is 2.87 bits per heavy atom. The van der Waals surface area contributed by atoms with Gasteiger partial charge in [-0.15, -0.1) is 0 Å². The summed E-state index contributed by atoms with van der Waals surface area (Å²) in [5, 5.41) is 10.1. The van der Waals surface area contributed by atoms with Crippen LogP contribution in [0.5, 0.6) is 0 Å². The minimum Gasteiger partial charge on any atom is -0.478 e. The highest BCUT2D eigenvalue weighted by Gasteiger charge is 2.52. The molecule has 1 fully saturated rings. The zero-order valence-electron chi connectivity index (χ0n) is 13.0. The van der Waals surface area contributed by atoms with Gasteiger partial charge in [0.1, 0.15) is 16.9 Å². The van der Waals surface area contributed by atoms with Crippen molar-refractivity contribution in [2.45, 2.75) is 31.6 Å². The Balaban J connectivity index is 1.79. The van der Waals surface area contributed by atoms with Crippen LogP contribution in [0.4, 0.5) is 0 Å². The number of fused-ring (bicyclic) bond motifs is 1. The van der Waals surface area contributed by atoms with Gasteiger partial charge in [0.25, 0.3) is 0 Å². The summed E-state index contributed by atoms with van der Waals surface area (Å²) in [5.41, 5.74) is 3.13. The summed E-state index contributed by atoms with van der Waals surface area (Å²) in [6, 6.07) is 11.9. The zero-order chi connectivity index (χ0) is 16.2. The predicted molar refractivity (Wildman–Crippen MR) is 86.9 cm³/mol. The number of nitrogens with zero attached hydrogens (tertiary/aromatic N) is 1. The van der Waals surface area contributed by atoms with Crippen molar-refractivity contribution < 1.29 is 14.3 Å². The average Bonchev–Trinajstić information content (AvgIpc) is 3.11. The highest BCUT2D eigenvalue weighted by atomic mass is 16.4. The van der Waals surface area contributed by atoms with Gasteiger partial charge in [-0.05, 0) is 43.2 Å². The molecule has 2 unspecified atom stereocenters. The molecule has 0 spiro atoms. The molecule has 0 saturated heterocycles. The van der Waals surface area contributed by atoms with Gasteiger partial charge in [0.2, 0.25) is 0 Å². The van der Waals surface area contributed by atoms with Gasteiger partial charge in [-0.1, -0.05) is 19.1 Å². The van der Waals surface area contributed by atoms with Crippen LogP contribution < -0.4 is 0 Å². The summed E-state index contributed by atoms with van der Waals surface area (Å²) < 4.78 is 5.57. The summed E-state index contributed by atoms with van der Waals surface area (Å²) in [6.45, 7) is 3.90. The first-order valence-corrected chi connectivity index (χ1v) is 7.68. The fourth-order valence-corrected chi connectivity index (χ4v) is 3.54. The standard InChI is InChI=1S/C19H17NO3/c1-11-17(18(21)22)13-9-12(6-7-16(13)23-11)19(2)10-14(19)15-5-3-4-8-20-15/h3-9,14H,10H2,1-2H3,(H,21,22). The molecule has 0 bridgehead atoms. The third-order valence-electron chi connectivity index (χ3n) is 5.02. The van der Waals surface area contributed by atoms with E-state index in [9.17, 15) is 9.90 Å². The van der Waals surface area contributed by atoms with Gasteiger partial charge in [-0.25, -0.2) is 4.79 Å². The van der Waals surface area contributed by atoms with E-state index in [-0.39, 0.29) is 11.0 Å². The van der Waals surface area contributed by atoms with Crippen molar-refractivity contribution in [1.29, 1.82) is 0 Å². The lowest BCUT2D eigenvalue weighted by Crippen LogP contribution is -2.05. The molecule has 0 amide bonds. The van der Waals surface area contributed by atoms with E-state index in [2.05, 4.69) is 18.0 Å². The molecule has 0 aliphatic heterocycles. The SMILES string of the molecule is Cc1oc2ccc(C3(C)CC3c3ccccn3)cc2c1C(=O)O. The number of benzene rings is 1. The van der Waals surface area contributed by atoms with Crippen LogP contribution in [0.2, 0.25) is 0 Å². The molecule has 4 rings (SSSR count). The Morgan fingerprint density at radius 2 is 2.17 bits per heavy atom. The maximum atomic E-state index is 11.5. The summed E-state index contributed by atoms with van der Waals surface area (Å²) in [7, 11) is 0. The molecule has 1 aliphatic carbocycles. The maximum absolute atomic E-state index is 11.5. The number of hydrogen-bond acceptors (Lipinski definition) is 3. The van der Waals surface area contributed by atoms with Gasteiger partial charge in [0.05, 0.1) is 0 Å². The van der Waals surface area contributed by atoms with E-state index in [1.165, 1.54) is 0 Å². The summed E-state index contributed by atoms with van der Waals surface area (Å²) in [5.74, 6) is -0.116. The van der Waals surface area contributed by atoms with E-state index in [0.717, 1.165) is 17.7 Å². The molecule has 1 aliphatic rings. The van der Waals surface area contributed by atoms with Gasteiger partial charge in [0.15, 0.2) is 0 Å². The van der Waals surface area contributed by atoms with E-state index in [0.29, 0.717) is 22.6 Å². The number of aromatic nitrogens is 1. The van der Waals surface area contributed by atoms with Gasteiger partial charge < -0.3 is 9.52 Å². The zero-order valence-corrected chi connectivity index (χ0v) is 13.0. The second kappa shape index (κ2) is 4.69. The number of hydrogen-bond donors (Lipinski definition) is 1. The predicted octanol–water partition coefficient (Wildman–Crippen LogP) is 4.28. The van der Waals surface area contributed by atoms with Gasteiger partial charge in [-0.2, -0.15) is 0 Å². The smallest absolute Gasteiger partial charge is 0.339 e. The second-order valence-electron chi connectivity index (χ2n) is 6.48. The quantitative estimate of drug-likeness (QED) is 0.784. The van der Waals surface area contributed by atoms with Crippen molar-refractivity contribution in [3.63, 3.8) is 0 Å². The Bertz CT molecular complexity index is 913. The molecule has 3 aromatic rings. The van der Waals surface area contributed by atoms with Crippen LogP contribution in [-0.2, 0) is 5.41 Å². The summed E-state index contributed by atoms with van der Waals surface area (Å²) in [6.07, 6.45) is 2.84. The molecule has 4 nitrogen and oxygen atoms in total. The lowest BCUT2D eigenvalue weighted by atomic mass is 9.92. The summed E-state index contributed by atoms with van der Waals surface area (Å²) >= 11 is 0. The number of rotatable bonds is 3. The molecule has 1 aromatic carbocycles. The first-order chi connectivity index (χ1) is 11.0. The molecule has 4 heteroatoms. The lowest BCUT2D eigenvalue weighted by Gasteiger charge is -2.12. The third kappa shape index (κ3) is 2.05. The van der Waals surface area contributed by atoms with Crippen LogP contribution in [0.1, 0.15) is 46.6 Å². The van der Waals surface area contributed by atoms with Crippen LogP contribution in [0.25, 0.3) is 11.0 Å². The topological polar surface area (TPSA) is 63.3 Å². The number of pyridine rings is 1. The van der Waals surface area contributed by atoms with E-state index >= 15 is 0 Å². The highest BCUT2D eigenvalue weighted by molar-refractivity contribution is 6.03. The normalized spacial score (nSPS) is 23.1. The van der Waals surface area contributed by atoms with E-state index in [1.54, 1.807) is 6.92 Å². The van der Waals surface area contributed by atoms with Gasteiger partial charge >= 0.3 is 5.97 Å².